The monoisotopic (exact) mass is 464 g/mol. The van der Waals surface area contributed by atoms with E-state index < -0.39 is 6.10 Å². The molecule has 4 aliphatic rings. The smallest absolute Gasteiger partial charge is 0.161 e. The first-order valence-electron chi connectivity index (χ1n) is 12.7. The van der Waals surface area contributed by atoms with Gasteiger partial charge in [-0.05, 0) is 79.6 Å². The molecule has 0 aromatic rings. The van der Waals surface area contributed by atoms with Gasteiger partial charge in [-0.15, -0.1) is 0 Å². The molecule has 3 fully saturated rings. The van der Waals surface area contributed by atoms with E-state index in [-0.39, 0.29) is 40.8 Å². The maximum absolute atomic E-state index is 12.3. The zero-order valence-electron chi connectivity index (χ0n) is 20.9. The summed E-state index contributed by atoms with van der Waals surface area (Å²) in [6.07, 6.45) is 11.2. The molecule has 0 saturated heterocycles. The highest BCUT2D eigenvalue weighted by molar-refractivity contribution is 5.91. The fraction of sp³-hybridized carbons (Fsp3) is 0.815. The Balaban J connectivity index is 0.000000421. The molecule has 7 unspecified atom stereocenters. The largest absolute Gasteiger partial charge is 0.400 e. The van der Waals surface area contributed by atoms with Crippen LogP contribution in [-0.4, -0.2) is 53.0 Å². The number of ketones is 2. The van der Waals surface area contributed by atoms with E-state index in [1.54, 1.807) is 0 Å². The predicted octanol–water partition coefficient (Wildman–Crippen LogP) is 3.65. The van der Waals surface area contributed by atoms with E-state index in [1.165, 1.54) is 5.57 Å². The van der Waals surface area contributed by atoms with Gasteiger partial charge in [-0.25, -0.2) is 0 Å². The van der Waals surface area contributed by atoms with Crippen LogP contribution in [0.15, 0.2) is 11.6 Å². The zero-order valence-corrected chi connectivity index (χ0v) is 20.9. The minimum Gasteiger partial charge on any atom is -0.400 e. The average molecular weight is 465 g/mol. The number of carbonyl (C=O) groups excluding carboxylic acids is 3. The Bertz CT molecular complexity index is 730. The average Bonchev–Trinajstić information content (AvgIpc) is 3.15. The lowest BCUT2D eigenvalue weighted by molar-refractivity contribution is -0.146. The van der Waals surface area contributed by atoms with Crippen molar-refractivity contribution in [2.45, 2.75) is 91.1 Å². The number of fused-ring (bicyclic) bond motifs is 5. The lowest BCUT2D eigenvalue weighted by atomic mass is 9.46. The summed E-state index contributed by atoms with van der Waals surface area (Å²) in [6.45, 7) is 6.10. The van der Waals surface area contributed by atoms with Gasteiger partial charge >= 0.3 is 0 Å². The molecule has 33 heavy (non-hydrogen) atoms. The molecule has 0 radical (unpaired) electrons. The van der Waals surface area contributed by atoms with E-state index in [0.29, 0.717) is 24.7 Å². The number of aldehydes is 1. The normalized spacial score (nSPS) is 38.8. The number of Topliss-reactive ketones (excluding diaryl/α,β-unsaturated/α-hetero) is 1. The summed E-state index contributed by atoms with van der Waals surface area (Å²) in [6, 6.07) is 0. The van der Waals surface area contributed by atoms with Crippen LogP contribution in [0.5, 0.6) is 0 Å². The van der Waals surface area contributed by atoms with Gasteiger partial charge in [0.15, 0.2) is 11.6 Å². The molecule has 6 heteroatoms. The molecule has 0 aromatic heterocycles. The van der Waals surface area contributed by atoms with E-state index in [9.17, 15) is 24.6 Å². The highest BCUT2D eigenvalue weighted by atomic mass is 16.3. The summed E-state index contributed by atoms with van der Waals surface area (Å²) >= 11 is 0. The number of rotatable bonds is 5. The molecule has 188 valence electrons. The molecule has 0 bridgehead atoms. The number of allylic oxidation sites excluding steroid dienone is 1. The van der Waals surface area contributed by atoms with E-state index in [2.05, 4.69) is 20.8 Å². The third-order valence-electron chi connectivity index (χ3n) is 9.11. The van der Waals surface area contributed by atoms with Crippen molar-refractivity contribution in [2.24, 2.45) is 34.5 Å². The molecule has 4 rings (SSSR count). The van der Waals surface area contributed by atoms with Crippen molar-refractivity contribution in [2.75, 3.05) is 13.7 Å². The molecule has 3 saturated carbocycles. The maximum atomic E-state index is 12.3. The fourth-order valence-corrected chi connectivity index (χ4v) is 7.61. The van der Waals surface area contributed by atoms with E-state index >= 15 is 0 Å². The molecule has 4 aliphatic carbocycles. The topological polar surface area (TPSA) is 112 Å². The van der Waals surface area contributed by atoms with Crippen LogP contribution in [0.3, 0.4) is 0 Å². The van der Waals surface area contributed by atoms with Gasteiger partial charge in [0, 0.05) is 25.9 Å². The Morgan fingerprint density at radius 3 is 2.45 bits per heavy atom. The Morgan fingerprint density at radius 1 is 1.18 bits per heavy atom. The Hall–Kier alpha value is -1.37. The SMILES string of the molecule is CC12CCC(=O)C=C1CCC1C2C(O)CC2(C)C(C(=O)CO)CCC12.CCCCC=O.CO. The Kier molecular flexibility index (Phi) is 10.0. The van der Waals surface area contributed by atoms with Gasteiger partial charge in [-0.2, -0.15) is 0 Å². The number of unbranched alkanes of at least 4 members (excludes halogenated alkanes) is 2. The zero-order chi connectivity index (χ0) is 24.8. The summed E-state index contributed by atoms with van der Waals surface area (Å²) in [5.41, 5.74) is 0.979. The lowest BCUT2D eigenvalue weighted by Gasteiger charge is -2.59. The molecule has 0 aromatic carbocycles. The minimum absolute atomic E-state index is 0.0541. The second-order valence-corrected chi connectivity index (χ2v) is 10.7. The van der Waals surface area contributed by atoms with Crippen LogP contribution in [0.4, 0.5) is 0 Å². The predicted molar refractivity (Wildman–Crippen MR) is 127 cm³/mol. The van der Waals surface area contributed by atoms with Crippen LogP contribution in [0, 0.1) is 34.5 Å². The summed E-state index contributed by atoms with van der Waals surface area (Å²) in [7, 11) is 1.00. The van der Waals surface area contributed by atoms with Gasteiger partial charge in [0.05, 0.1) is 6.10 Å². The van der Waals surface area contributed by atoms with Crippen molar-refractivity contribution in [1.82, 2.24) is 0 Å². The second kappa shape index (κ2) is 11.9. The summed E-state index contributed by atoms with van der Waals surface area (Å²) in [5.74, 6) is 1.12. The Labute approximate surface area is 198 Å². The number of carbonyl (C=O) groups is 3. The third-order valence-corrected chi connectivity index (χ3v) is 9.11. The van der Waals surface area contributed by atoms with Crippen LogP contribution >= 0.6 is 0 Å². The first-order chi connectivity index (χ1) is 15.7. The van der Waals surface area contributed by atoms with E-state index in [4.69, 9.17) is 5.11 Å². The Morgan fingerprint density at radius 2 is 1.88 bits per heavy atom. The van der Waals surface area contributed by atoms with Gasteiger partial charge in [0.2, 0.25) is 0 Å². The molecule has 3 N–H and O–H groups in total. The fourth-order valence-electron chi connectivity index (χ4n) is 7.61. The van der Waals surface area contributed by atoms with Crippen molar-refractivity contribution >= 4 is 17.9 Å². The van der Waals surface area contributed by atoms with E-state index in [0.717, 1.165) is 64.8 Å². The van der Waals surface area contributed by atoms with E-state index in [1.807, 2.05) is 6.08 Å². The van der Waals surface area contributed by atoms with Crippen molar-refractivity contribution < 1.29 is 29.7 Å². The van der Waals surface area contributed by atoms with Crippen LogP contribution in [-0.2, 0) is 14.4 Å². The highest BCUT2D eigenvalue weighted by Crippen LogP contribution is 2.66. The molecular formula is C27H44O6. The first-order valence-corrected chi connectivity index (χ1v) is 12.7. The second-order valence-electron chi connectivity index (χ2n) is 10.7. The molecular weight excluding hydrogens is 420 g/mol. The highest BCUT2D eigenvalue weighted by Gasteiger charge is 2.62. The summed E-state index contributed by atoms with van der Waals surface area (Å²) in [5, 5.41) is 27.5. The van der Waals surface area contributed by atoms with Gasteiger partial charge in [-0.3, -0.25) is 9.59 Å². The lowest BCUT2D eigenvalue weighted by Crippen LogP contribution is -2.57. The van der Waals surface area contributed by atoms with Crippen molar-refractivity contribution in [3.8, 4) is 0 Å². The number of aliphatic hydroxyl groups excluding tert-OH is 3. The van der Waals surface area contributed by atoms with Crippen molar-refractivity contribution in [3.05, 3.63) is 11.6 Å². The molecule has 0 amide bonds. The van der Waals surface area contributed by atoms with Crippen LogP contribution < -0.4 is 0 Å². The molecule has 6 nitrogen and oxygen atoms in total. The van der Waals surface area contributed by atoms with Crippen molar-refractivity contribution in [1.29, 1.82) is 0 Å². The van der Waals surface area contributed by atoms with Gasteiger partial charge in [0.25, 0.3) is 0 Å². The summed E-state index contributed by atoms with van der Waals surface area (Å²) < 4.78 is 0. The quantitative estimate of drug-likeness (QED) is 0.423. The summed E-state index contributed by atoms with van der Waals surface area (Å²) in [4.78, 5) is 33.7. The number of aliphatic hydroxyl groups is 3. The standard InChI is InChI=1S/C21H30O4.C5H10O.CH4O/c1-20-8-7-13(23)9-12(20)3-4-14-15-5-6-16(18(25)11-22)21(15,2)10-17(24)19(14)20;1-2-3-4-5-6;1-2/h9,14-17,19,22,24H,3-8,10-11H2,1-2H3;5H,2-4H2,1H3;2H,1H3. The van der Waals surface area contributed by atoms with Gasteiger partial charge in [-0.1, -0.05) is 32.8 Å². The van der Waals surface area contributed by atoms with Crippen LogP contribution in [0.25, 0.3) is 0 Å². The van der Waals surface area contributed by atoms with Crippen LogP contribution in [0.2, 0.25) is 0 Å². The molecule has 0 spiro atoms. The number of hydrogen-bond donors (Lipinski definition) is 3. The molecule has 7 atom stereocenters. The first kappa shape index (κ1) is 27.9. The van der Waals surface area contributed by atoms with Gasteiger partial charge < -0.3 is 20.1 Å². The van der Waals surface area contributed by atoms with Gasteiger partial charge in [0.1, 0.15) is 12.9 Å². The third kappa shape index (κ3) is 5.33. The number of hydrogen-bond acceptors (Lipinski definition) is 6. The van der Waals surface area contributed by atoms with Crippen LogP contribution in [0.1, 0.15) is 85.0 Å². The molecule has 0 heterocycles. The molecule has 0 aliphatic heterocycles. The maximum Gasteiger partial charge on any atom is 0.161 e. The minimum atomic E-state index is -0.430. The van der Waals surface area contributed by atoms with Crippen molar-refractivity contribution in [3.63, 3.8) is 0 Å².